The zero-order valence-electron chi connectivity index (χ0n) is 10.1. The van der Waals surface area contributed by atoms with Gasteiger partial charge in [-0.25, -0.2) is 4.79 Å². The van der Waals surface area contributed by atoms with Crippen LogP contribution in [0.15, 0.2) is 24.3 Å². The quantitative estimate of drug-likeness (QED) is 0.803. The fraction of sp³-hybridized carbons (Fsp3) is 0.500. The number of nitrogens with zero attached hydrogens (tertiary/aromatic N) is 1. The van der Waals surface area contributed by atoms with Gasteiger partial charge in [0.25, 0.3) is 0 Å². The van der Waals surface area contributed by atoms with Crippen molar-refractivity contribution in [2.24, 2.45) is 5.73 Å². The third kappa shape index (κ3) is 3.74. The lowest BCUT2D eigenvalue weighted by molar-refractivity contribution is 0.195. The molecule has 2 rings (SSSR count). The second kappa shape index (κ2) is 6.40. The second-order valence-electron chi connectivity index (χ2n) is 4.62. The summed E-state index contributed by atoms with van der Waals surface area (Å²) in [6.45, 7) is 3.51. The first kappa shape index (κ1) is 14.5. The van der Waals surface area contributed by atoms with E-state index in [0.717, 1.165) is 37.2 Å². The van der Waals surface area contributed by atoms with Crippen LogP contribution in [0, 0.1) is 6.92 Å². The Balaban J connectivity index is 0.00000162. The van der Waals surface area contributed by atoms with Crippen molar-refractivity contribution in [1.29, 1.82) is 0 Å². The Morgan fingerprint density at radius 1 is 1.39 bits per heavy atom. The first-order valence-corrected chi connectivity index (χ1v) is 6.03. The van der Waals surface area contributed by atoms with Crippen molar-refractivity contribution in [1.82, 2.24) is 4.90 Å². The Kier molecular flexibility index (Phi) is 5.16. The molecule has 1 saturated heterocycles. The monoisotopic (exact) mass is 249 g/mol. The summed E-state index contributed by atoms with van der Waals surface area (Å²) in [5.41, 5.74) is 7.80. The number of benzene rings is 1. The van der Waals surface area contributed by atoms with Gasteiger partial charge in [-0.3, -0.25) is 0 Å². The third-order valence-corrected chi connectivity index (χ3v) is 3.10. The highest BCUT2D eigenvalue weighted by Gasteiger charge is 2.20. The molecule has 4 nitrogen and oxygen atoms in total. The number of carbonyl (C=O) groups is 1. The lowest BCUT2D eigenvalue weighted by Crippen LogP contribution is -2.44. The van der Waals surface area contributed by atoms with Gasteiger partial charge in [0, 0.05) is 24.8 Å². The molecular formula is C14H23N3O. The lowest BCUT2D eigenvalue weighted by Gasteiger charge is -2.30. The van der Waals surface area contributed by atoms with Gasteiger partial charge in [0.05, 0.1) is 0 Å². The molecule has 0 aromatic heterocycles. The van der Waals surface area contributed by atoms with Gasteiger partial charge in [-0.15, -0.1) is 0 Å². The first-order valence-electron chi connectivity index (χ1n) is 6.03. The molecule has 1 aliphatic rings. The molecule has 0 saturated carbocycles. The fourth-order valence-electron chi connectivity index (χ4n) is 2.03. The van der Waals surface area contributed by atoms with Crippen LogP contribution < -0.4 is 11.1 Å². The Morgan fingerprint density at radius 3 is 2.67 bits per heavy atom. The van der Waals surface area contributed by atoms with Gasteiger partial charge in [-0.2, -0.15) is 0 Å². The van der Waals surface area contributed by atoms with Crippen LogP contribution in [-0.4, -0.2) is 30.1 Å². The molecule has 1 aromatic rings. The normalized spacial score (nSPS) is 16.0. The summed E-state index contributed by atoms with van der Waals surface area (Å²) >= 11 is 0. The minimum absolute atomic E-state index is 0. The summed E-state index contributed by atoms with van der Waals surface area (Å²) in [7, 11) is 0. The molecule has 0 bridgehead atoms. The van der Waals surface area contributed by atoms with Crippen molar-refractivity contribution in [3.8, 4) is 0 Å². The zero-order valence-corrected chi connectivity index (χ0v) is 10.1. The minimum Gasteiger partial charge on any atom is -0.328 e. The first-order chi connectivity index (χ1) is 8.15. The Hall–Kier alpha value is -1.55. The maximum atomic E-state index is 12.0. The maximum absolute atomic E-state index is 12.0. The predicted molar refractivity (Wildman–Crippen MR) is 75.7 cm³/mol. The van der Waals surface area contributed by atoms with Crippen molar-refractivity contribution in [3.05, 3.63) is 29.8 Å². The number of carbonyl (C=O) groups excluding carboxylic acids is 1. The Morgan fingerprint density at radius 2 is 2.06 bits per heavy atom. The van der Waals surface area contributed by atoms with Crippen molar-refractivity contribution in [2.45, 2.75) is 33.2 Å². The number of hydrogen-bond acceptors (Lipinski definition) is 2. The van der Waals surface area contributed by atoms with Crippen molar-refractivity contribution >= 4 is 11.7 Å². The number of nitrogens with two attached hydrogens (primary N) is 1. The SMILES string of the molecule is C.Cc1cccc(NC(=O)N2CCC(N)CC2)c1. The fourth-order valence-corrected chi connectivity index (χ4v) is 2.03. The molecule has 0 radical (unpaired) electrons. The van der Waals surface area contributed by atoms with E-state index < -0.39 is 0 Å². The van der Waals surface area contributed by atoms with E-state index in [-0.39, 0.29) is 19.5 Å². The second-order valence-corrected chi connectivity index (χ2v) is 4.62. The zero-order chi connectivity index (χ0) is 12.3. The van der Waals surface area contributed by atoms with E-state index in [2.05, 4.69) is 5.32 Å². The number of likely N-dealkylation sites (tertiary alicyclic amines) is 1. The summed E-state index contributed by atoms with van der Waals surface area (Å²) in [4.78, 5) is 13.8. The largest absolute Gasteiger partial charge is 0.328 e. The molecule has 2 amide bonds. The number of nitrogens with one attached hydrogen (secondary N) is 1. The number of aryl methyl sites for hydroxylation is 1. The Bertz CT molecular complexity index is 398. The molecule has 1 heterocycles. The van der Waals surface area contributed by atoms with Crippen LogP contribution in [0.3, 0.4) is 0 Å². The number of rotatable bonds is 1. The summed E-state index contributed by atoms with van der Waals surface area (Å²) in [6.07, 6.45) is 1.78. The summed E-state index contributed by atoms with van der Waals surface area (Å²) in [5, 5.41) is 2.91. The van der Waals surface area contributed by atoms with Crippen LogP contribution in [0.4, 0.5) is 10.5 Å². The number of anilines is 1. The van der Waals surface area contributed by atoms with Gasteiger partial charge in [-0.05, 0) is 37.5 Å². The maximum Gasteiger partial charge on any atom is 0.321 e. The van der Waals surface area contributed by atoms with E-state index in [1.807, 2.05) is 36.1 Å². The van der Waals surface area contributed by atoms with Crippen molar-refractivity contribution < 1.29 is 4.79 Å². The standard InChI is InChI=1S/C13H19N3O.CH4/c1-10-3-2-4-12(9-10)15-13(17)16-7-5-11(14)6-8-16;/h2-4,9,11H,5-8,14H2,1H3,(H,15,17);1H4. The molecular weight excluding hydrogens is 226 g/mol. The Labute approximate surface area is 109 Å². The molecule has 1 aromatic carbocycles. The minimum atomic E-state index is -0.0255. The van der Waals surface area contributed by atoms with E-state index in [0.29, 0.717) is 0 Å². The van der Waals surface area contributed by atoms with Gasteiger partial charge in [0.15, 0.2) is 0 Å². The van der Waals surface area contributed by atoms with Gasteiger partial charge < -0.3 is 16.0 Å². The van der Waals surface area contributed by atoms with Crippen LogP contribution in [0.25, 0.3) is 0 Å². The average Bonchev–Trinajstić information content (AvgIpc) is 2.29. The molecule has 1 aliphatic heterocycles. The van der Waals surface area contributed by atoms with E-state index in [1.54, 1.807) is 0 Å². The highest BCUT2D eigenvalue weighted by Crippen LogP contribution is 2.13. The molecule has 0 atom stereocenters. The lowest BCUT2D eigenvalue weighted by atomic mass is 10.1. The predicted octanol–water partition coefficient (Wildman–Crippen LogP) is 2.59. The number of hydrogen-bond donors (Lipinski definition) is 2. The van der Waals surface area contributed by atoms with Crippen molar-refractivity contribution in [3.63, 3.8) is 0 Å². The smallest absolute Gasteiger partial charge is 0.321 e. The van der Waals surface area contributed by atoms with E-state index in [1.165, 1.54) is 0 Å². The topological polar surface area (TPSA) is 58.4 Å². The summed E-state index contributed by atoms with van der Waals surface area (Å²) in [6, 6.07) is 8.04. The number of urea groups is 1. The highest BCUT2D eigenvalue weighted by atomic mass is 16.2. The molecule has 1 fully saturated rings. The van der Waals surface area contributed by atoms with E-state index in [9.17, 15) is 4.79 Å². The summed E-state index contributed by atoms with van der Waals surface area (Å²) < 4.78 is 0. The van der Waals surface area contributed by atoms with Crippen molar-refractivity contribution in [2.75, 3.05) is 18.4 Å². The average molecular weight is 249 g/mol. The van der Waals surface area contributed by atoms with E-state index in [4.69, 9.17) is 5.73 Å². The molecule has 0 aliphatic carbocycles. The molecule has 18 heavy (non-hydrogen) atoms. The number of piperidine rings is 1. The van der Waals surface area contributed by atoms with Gasteiger partial charge in [-0.1, -0.05) is 19.6 Å². The summed E-state index contributed by atoms with van der Waals surface area (Å²) in [5.74, 6) is 0. The van der Waals surface area contributed by atoms with Crippen LogP contribution in [-0.2, 0) is 0 Å². The van der Waals surface area contributed by atoms with Gasteiger partial charge >= 0.3 is 6.03 Å². The van der Waals surface area contributed by atoms with E-state index >= 15 is 0 Å². The molecule has 3 N–H and O–H groups in total. The molecule has 0 spiro atoms. The molecule has 100 valence electrons. The van der Waals surface area contributed by atoms with Gasteiger partial charge in [0.1, 0.15) is 0 Å². The van der Waals surface area contributed by atoms with Crippen LogP contribution in [0.2, 0.25) is 0 Å². The number of amides is 2. The molecule has 0 unspecified atom stereocenters. The van der Waals surface area contributed by atoms with Crippen LogP contribution in [0.5, 0.6) is 0 Å². The molecule has 4 heteroatoms. The third-order valence-electron chi connectivity index (χ3n) is 3.10. The van der Waals surface area contributed by atoms with Crippen LogP contribution >= 0.6 is 0 Å². The highest BCUT2D eigenvalue weighted by molar-refractivity contribution is 5.89. The van der Waals surface area contributed by atoms with Gasteiger partial charge in [0.2, 0.25) is 0 Å². The van der Waals surface area contributed by atoms with Crippen LogP contribution in [0.1, 0.15) is 25.8 Å².